The topological polar surface area (TPSA) is 12.5 Å². The molecule has 0 saturated heterocycles. The highest BCUT2D eigenvalue weighted by Gasteiger charge is 2.16. The Morgan fingerprint density at radius 3 is 2.52 bits per heavy atom. The molecule has 0 aliphatic heterocycles. The molecule has 0 aliphatic rings. The Bertz CT molecular complexity index is 571. The van der Waals surface area contributed by atoms with Crippen molar-refractivity contribution < 1.29 is 4.74 Å². The van der Waals surface area contributed by atoms with Gasteiger partial charge in [-0.05, 0) is 25.6 Å². The van der Waals surface area contributed by atoms with E-state index in [1.54, 1.807) is 7.11 Å². The predicted octanol–water partition coefficient (Wildman–Crippen LogP) is 4.42. The molecule has 2 aromatic rings. The Hall–Kier alpha value is -1.51. The molecule has 0 aromatic heterocycles. The normalized spacial score (nSPS) is 12.4. The summed E-state index contributed by atoms with van der Waals surface area (Å²) < 4.78 is 5.42. The molecule has 0 radical (unpaired) electrons. The number of alkyl halides is 1. The maximum Gasteiger partial charge on any atom is 0.123 e. The standard InChI is InChI=1S/C18H22ClNO/c1-14-9-10-18(21-3)16(11-14)17(19)13-20(2)12-15-7-5-4-6-8-15/h4-11,17H,12-13H2,1-3H3. The highest BCUT2D eigenvalue weighted by molar-refractivity contribution is 6.21. The van der Waals surface area contributed by atoms with E-state index in [1.807, 2.05) is 18.2 Å². The molecule has 2 rings (SSSR count). The first-order valence-electron chi connectivity index (χ1n) is 7.11. The van der Waals surface area contributed by atoms with Crippen LogP contribution >= 0.6 is 11.6 Å². The summed E-state index contributed by atoms with van der Waals surface area (Å²) in [5.41, 5.74) is 3.54. The second-order valence-corrected chi connectivity index (χ2v) is 5.92. The van der Waals surface area contributed by atoms with Crippen LogP contribution < -0.4 is 4.74 Å². The number of hydrogen-bond acceptors (Lipinski definition) is 2. The first kappa shape index (κ1) is 15.9. The largest absolute Gasteiger partial charge is 0.496 e. The number of benzene rings is 2. The van der Waals surface area contributed by atoms with E-state index in [1.165, 1.54) is 11.1 Å². The van der Waals surface area contributed by atoms with Gasteiger partial charge in [-0.2, -0.15) is 0 Å². The zero-order chi connectivity index (χ0) is 15.2. The number of hydrogen-bond donors (Lipinski definition) is 0. The van der Waals surface area contributed by atoms with Gasteiger partial charge in [-0.3, -0.25) is 0 Å². The number of halogens is 1. The van der Waals surface area contributed by atoms with Gasteiger partial charge < -0.3 is 9.64 Å². The smallest absolute Gasteiger partial charge is 0.123 e. The van der Waals surface area contributed by atoms with E-state index >= 15 is 0 Å². The minimum atomic E-state index is -0.0893. The van der Waals surface area contributed by atoms with Crippen molar-refractivity contribution in [3.05, 3.63) is 65.2 Å². The fraction of sp³-hybridized carbons (Fsp3) is 0.333. The van der Waals surface area contributed by atoms with Crippen LogP contribution in [0.4, 0.5) is 0 Å². The van der Waals surface area contributed by atoms with Crippen molar-refractivity contribution >= 4 is 11.6 Å². The van der Waals surface area contributed by atoms with E-state index in [9.17, 15) is 0 Å². The molecular formula is C18H22ClNO. The van der Waals surface area contributed by atoms with Gasteiger partial charge in [-0.1, -0.05) is 48.0 Å². The van der Waals surface area contributed by atoms with Crippen molar-refractivity contribution in [2.75, 3.05) is 20.7 Å². The molecule has 1 atom stereocenters. The predicted molar refractivity (Wildman–Crippen MR) is 89.1 cm³/mol. The number of ether oxygens (including phenoxy) is 1. The second kappa shape index (κ2) is 7.48. The summed E-state index contributed by atoms with van der Waals surface area (Å²) >= 11 is 6.60. The molecule has 2 aromatic carbocycles. The summed E-state index contributed by atoms with van der Waals surface area (Å²) in [5, 5.41) is -0.0893. The Labute approximate surface area is 132 Å². The third kappa shape index (κ3) is 4.48. The molecule has 0 saturated carbocycles. The molecule has 0 amide bonds. The average molecular weight is 304 g/mol. The fourth-order valence-electron chi connectivity index (χ4n) is 2.43. The van der Waals surface area contributed by atoms with E-state index in [0.717, 1.165) is 24.4 Å². The molecule has 1 unspecified atom stereocenters. The number of methoxy groups -OCH3 is 1. The first-order chi connectivity index (χ1) is 10.1. The monoisotopic (exact) mass is 303 g/mol. The molecule has 0 fully saturated rings. The van der Waals surface area contributed by atoms with Crippen LogP contribution in [0, 0.1) is 6.92 Å². The third-order valence-corrected chi connectivity index (χ3v) is 3.86. The molecule has 3 heteroatoms. The van der Waals surface area contributed by atoms with Gasteiger partial charge in [-0.15, -0.1) is 11.6 Å². The van der Waals surface area contributed by atoms with E-state index < -0.39 is 0 Å². The SMILES string of the molecule is COc1ccc(C)cc1C(Cl)CN(C)Cc1ccccc1. The van der Waals surface area contributed by atoms with Crippen molar-refractivity contribution in [3.8, 4) is 5.75 Å². The lowest BCUT2D eigenvalue weighted by molar-refractivity contribution is 0.323. The quantitative estimate of drug-likeness (QED) is 0.733. The maximum absolute atomic E-state index is 6.60. The van der Waals surface area contributed by atoms with E-state index in [-0.39, 0.29) is 5.38 Å². The van der Waals surface area contributed by atoms with Crippen molar-refractivity contribution in [3.63, 3.8) is 0 Å². The van der Waals surface area contributed by atoms with E-state index in [2.05, 4.69) is 49.2 Å². The number of likely N-dealkylation sites (N-methyl/N-ethyl adjacent to an activating group) is 1. The van der Waals surface area contributed by atoms with Crippen molar-refractivity contribution in [1.82, 2.24) is 4.90 Å². The van der Waals surface area contributed by atoms with Gasteiger partial charge in [0, 0.05) is 18.7 Å². The van der Waals surface area contributed by atoms with E-state index in [4.69, 9.17) is 16.3 Å². The van der Waals surface area contributed by atoms with Gasteiger partial charge in [0.2, 0.25) is 0 Å². The summed E-state index contributed by atoms with van der Waals surface area (Å²) in [6.45, 7) is 3.73. The van der Waals surface area contributed by atoms with E-state index in [0.29, 0.717) is 0 Å². The van der Waals surface area contributed by atoms with Crippen LogP contribution in [0.15, 0.2) is 48.5 Å². The van der Waals surface area contributed by atoms with Crippen LogP contribution in [0.1, 0.15) is 22.1 Å². The summed E-state index contributed by atoms with van der Waals surface area (Å²) in [6, 6.07) is 16.5. The van der Waals surface area contributed by atoms with Gasteiger partial charge in [0.05, 0.1) is 12.5 Å². The Balaban J connectivity index is 2.03. The molecule has 0 heterocycles. The molecule has 0 aliphatic carbocycles. The van der Waals surface area contributed by atoms with Crippen LogP contribution in [0.2, 0.25) is 0 Å². The van der Waals surface area contributed by atoms with Crippen LogP contribution in [-0.2, 0) is 6.54 Å². The molecule has 0 N–H and O–H groups in total. The Morgan fingerprint density at radius 1 is 1.14 bits per heavy atom. The molecule has 2 nitrogen and oxygen atoms in total. The van der Waals surface area contributed by atoms with Crippen LogP contribution in [0.5, 0.6) is 5.75 Å². The van der Waals surface area contributed by atoms with Gasteiger partial charge in [0.15, 0.2) is 0 Å². The van der Waals surface area contributed by atoms with Crippen molar-refractivity contribution in [1.29, 1.82) is 0 Å². The zero-order valence-electron chi connectivity index (χ0n) is 12.8. The van der Waals surface area contributed by atoms with Crippen LogP contribution in [-0.4, -0.2) is 25.6 Å². The average Bonchev–Trinajstić information content (AvgIpc) is 2.48. The minimum Gasteiger partial charge on any atom is -0.496 e. The highest BCUT2D eigenvalue weighted by Crippen LogP contribution is 2.31. The molecular weight excluding hydrogens is 282 g/mol. The number of rotatable bonds is 6. The third-order valence-electron chi connectivity index (χ3n) is 3.49. The lowest BCUT2D eigenvalue weighted by Crippen LogP contribution is -2.22. The summed E-state index contributed by atoms with van der Waals surface area (Å²) in [7, 11) is 3.77. The van der Waals surface area contributed by atoms with Crippen molar-refractivity contribution in [2.45, 2.75) is 18.8 Å². The zero-order valence-corrected chi connectivity index (χ0v) is 13.6. The maximum atomic E-state index is 6.60. The summed E-state index contributed by atoms with van der Waals surface area (Å²) in [5.74, 6) is 0.855. The lowest BCUT2D eigenvalue weighted by atomic mass is 10.1. The first-order valence-corrected chi connectivity index (χ1v) is 7.55. The van der Waals surface area contributed by atoms with Crippen molar-refractivity contribution in [2.24, 2.45) is 0 Å². The van der Waals surface area contributed by atoms with Gasteiger partial charge in [0.1, 0.15) is 5.75 Å². The van der Waals surface area contributed by atoms with Gasteiger partial charge in [0.25, 0.3) is 0 Å². The van der Waals surface area contributed by atoms with Gasteiger partial charge in [-0.25, -0.2) is 0 Å². The van der Waals surface area contributed by atoms with Gasteiger partial charge >= 0.3 is 0 Å². The lowest BCUT2D eigenvalue weighted by Gasteiger charge is -2.22. The minimum absolute atomic E-state index is 0.0893. The molecule has 0 bridgehead atoms. The molecule has 0 spiro atoms. The highest BCUT2D eigenvalue weighted by atomic mass is 35.5. The molecule has 112 valence electrons. The number of aryl methyl sites for hydroxylation is 1. The van der Waals surface area contributed by atoms with Crippen LogP contribution in [0.3, 0.4) is 0 Å². The van der Waals surface area contributed by atoms with Crippen LogP contribution in [0.25, 0.3) is 0 Å². The second-order valence-electron chi connectivity index (χ2n) is 5.40. The summed E-state index contributed by atoms with van der Waals surface area (Å²) in [4.78, 5) is 2.23. The number of nitrogens with zero attached hydrogens (tertiary/aromatic N) is 1. The summed E-state index contributed by atoms with van der Waals surface area (Å²) in [6.07, 6.45) is 0. The fourth-order valence-corrected chi connectivity index (χ4v) is 2.84. The Morgan fingerprint density at radius 2 is 1.86 bits per heavy atom. The Kier molecular flexibility index (Phi) is 5.66. The molecule has 21 heavy (non-hydrogen) atoms.